The molecule has 0 bridgehead atoms. The summed E-state index contributed by atoms with van der Waals surface area (Å²) in [7, 11) is 4.71. The van der Waals surface area contributed by atoms with E-state index in [2.05, 4.69) is 0 Å². The second-order valence-electron chi connectivity index (χ2n) is 3.74. The van der Waals surface area contributed by atoms with Gasteiger partial charge in [-0.05, 0) is 23.6 Å². The first kappa shape index (κ1) is 12.2. The molecule has 0 spiro atoms. The van der Waals surface area contributed by atoms with E-state index < -0.39 is 0 Å². The van der Waals surface area contributed by atoms with E-state index in [0.29, 0.717) is 22.8 Å². The summed E-state index contributed by atoms with van der Waals surface area (Å²) < 4.78 is 15.9. The number of carbonyl (C=O) groups is 1. The van der Waals surface area contributed by atoms with Gasteiger partial charge in [0, 0.05) is 5.56 Å². The number of hydrogen-bond acceptors (Lipinski definition) is 4. The molecule has 0 unspecified atom stereocenters. The quantitative estimate of drug-likeness (QED) is 0.778. The molecule has 0 aromatic heterocycles. The third-order valence-electron chi connectivity index (χ3n) is 2.80. The van der Waals surface area contributed by atoms with Crippen molar-refractivity contribution >= 4 is 17.1 Å². The number of rotatable bonds is 4. The molecule has 18 heavy (non-hydrogen) atoms. The predicted molar refractivity (Wildman–Crippen MR) is 69.0 cm³/mol. The Morgan fingerprint density at radius 1 is 0.944 bits per heavy atom. The number of benzene rings is 2. The van der Waals surface area contributed by atoms with Gasteiger partial charge in [-0.3, -0.25) is 4.79 Å². The Labute approximate surface area is 105 Å². The van der Waals surface area contributed by atoms with E-state index in [0.717, 1.165) is 17.1 Å². The molecule has 0 saturated heterocycles. The Balaban J connectivity index is 2.86. The lowest BCUT2D eigenvalue weighted by atomic mass is 10.0. The normalized spacial score (nSPS) is 10.2. The minimum Gasteiger partial charge on any atom is -0.496 e. The van der Waals surface area contributed by atoms with Crippen LogP contribution in [0.1, 0.15) is 10.4 Å². The lowest BCUT2D eigenvalue weighted by molar-refractivity contribution is 0.112. The Kier molecular flexibility index (Phi) is 3.37. The molecule has 2 aromatic carbocycles. The molecule has 0 aliphatic rings. The van der Waals surface area contributed by atoms with Crippen LogP contribution in [-0.4, -0.2) is 27.6 Å². The Hall–Kier alpha value is -2.23. The third kappa shape index (κ3) is 1.86. The van der Waals surface area contributed by atoms with Gasteiger partial charge in [-0.15, -0.1) is 0 Å². The summed E-state index contributed by atoms with van der Waals surface area (Å²) in [5.74, 6) is 1.82. The summed E-state index contributed by atoms with van der Waals surface area (Å²) in [6.45, 7) is 0. The van der Waals surface area contributed by atoms with Crippen LogP contribution in [0.25, 0.3) is 10.8 Å². The first-order chi connectivity index (χ1) is 8.74. The van der Waals surface area contributed by atoms with Crippen molar-refractivity contribution in [1.29, 1.82) is 0 Å². The van der Waals surface area contributed by atoms with Gasteiger partial charge in [0.15, 0.2) is 11.5 Å². The SMILES string of the molecule is COc1ccc2cc(C=O)cc(OC)c2c1OC. The minimum absolute atomic E-state index is 0.562. The van der Waals surface area contributed by atoms with E-state index in [9.17, 15) is 4.79 Å². The van der Waals surface area contributed by atoms with Crippen LogP contribution in [0, 0.1) is 0 Å². The first-order valence-electron chi connectivity index (χ1n) is 5.43. The van der Waals surface area contributed by atoms with Gasteiger partial charge in [0.25, 0.3) is 0 Å². The van der Waals surface area contributed by atoms with Crippen LogP contribution in [0.5, 0.6) is 17.2 Å². The second-order valence-corrected chi connectivity index (χ2v) is 3.74. The van der Waals surface area contributed by atoms with E-state index in [4.69, 9.17) is 14.2 Å². The molecule has 0 saturated carbocycles. The molecular formula is C14H14O4. The molecule has 2 rings (SSSR count). The summed E-state index contributed by atoms with van der Waals surface area (Å²) in [6.07, 6.45) is 0.790. The lowest BCUT2D eigenvalue weighted by Gasteiger charge is -2.13. The highest BCUT2D eigenvalue weighted by Crippen LogP contribution is 2.41. The fourth-order valence-corrected chi connectivity index (χ4v) is 1.99. The fourth-order valence-electron chi connectivity index (χ4n) is 1.99. The maximum atomic E-state index is 10.9. The predicted octanol–water partition coefficient (Wildman–Crippen LogP) is 2.68. The standard InChI is InChI=1S/C14H14O4/c1-16-11-5-4-10-6-9(8-15)7-12(17-2)13(10)14(11)18-3/h4-8H,1-3H3. The van der Waals surface area contributed by atoms with E-state index in [1.165, 1.54) is 0 Å². The van der Waals surface area contributed by atoms with Crippen LogP contribution in [0.2, 0.25) is 0 Å². The molecule has 0 heterocycles. The summed E-state index contributed by atoms with van der Waals surface area (Å²) in [5.41, 5.74) is 0.562. The molecule has 0 N–H and O–H groups in total. The summed E-state index contributed by atoms with van der Waals surface area (Å²) >= 11 is 0. The van der Waals surface area contributed by atoms with Gasteiger partial charge in [-0.2, -0.15) is 0 Å². The smallest absolute Gasteiger partial charge is 0.172 e. The molecule has 0 aliphatic carbocycles. The van der Waals surface area contributed by atoms with Gasteiger partial charge >= 0.3 is 0 Å². The summed E-state index contributed by atoms with van der Waals surface area (Å²) in [5, 5.41) is 1.67. The molecular weight excluding hydrogens is 232 g/mol. The topological polar surface area (TPSA) is 44.8 Å². The molecule has 0 atom stereocenters. The van der Waals surface area contributed by atoms with Crippen LogP contribution in [0.3, 0.4) is 0 Å². The molecule has 4 heteroatoms. The molecule has 0 amide bonds. The van der Waals surface area contributed by atoms with Crippen molar-refractivity contribution in [3.8, 4) is 17.2 Å². The Morgan fingerprint density at radius 2 is 1.67 bits per heavy atom. The van der Waals surface area contributed by atoms with E-state index >= 15 is 0 Å². The Bertz CT molecular complexity index is 590. The number of hydrogen-bond donors (Lipinski definition) is 0. The highest BCUT2D eigenvalue weighted by atomic mass is 16.5. The highest BCUT2D eigenvalue weighted by Gasteiger charge is 2.14. The van der Waals surface area contributed by atoms with E-state index in [1.807, 2.05) is 6.07 Å². The van der Waals surface area contributed by atoms with Crippen LogP contribution in [0.4, 0.5) is 0 Å². The Morgan fingerprint density at radius 3 is 2.22 bits per heavy atom. The van der Waals surface area contributed by atoms with Gasteiger partial charge in [0.1, 0.15) is 12.0 Å². The minimum atomic E-state index is 0.562. The van der Waals surface area contributed by atoms with Crippen molar-refractivity contribution in [2.75, 3.05) is 21.3 Å². The molecule has 4 nitrogen and oxygen atoms in total. The largest absolute Gasteiger partial charge is 0.496 e. The van der Waals surface area contributed by atoms with Crippen LogP contribution < -0.4 is 14.2 Å². The maximum Gasteiger partial charge on any atom is 0.172 e. The number of carbonyl (C=O) groups excluding carboxylic acids is 1. The highest BCUT2D eigenvalue weighted by molar-refractivity contribution is 5.99. The van der Waals surface area contributed by atoms with Gasteiger partial charge in [-0.1, -0.05) is 6.07 Å². The zero-order valence-corrected chi connectivity index (χ0v) is 10.5. The zero-order valence-electron chi connectivity index (χ0n) is 10.5. The molecule has 0 aliphatic heterocycles. The van der Waals surface area contributed by atoms with Crippen molar-refractivity contribution in [3.05, 3.63) is 29.8 Å². The molecule has 0 radical (unpaired) electrons. The zero-order chi connectivity index (χ0) is 13.1. The lowest BCUT2D eigenvalue weighted by Crippen LogP contribution is -1.95. The summed E-state index contributed by atoms with van der Waals surface area (Å²) in [6, 6.07) is 7.13. The number of fused-ring (bicyclic) bond motifs is 1. The number of ether oxygens (including phenoxy) is 3. The van der Waals surface area contributed by atoms with Gasteiger partial charge in [-0.25, -0.2) is 0 Å². The fraction of sp³-hybridized carbons (Fsp3) is 0.214. The monoisotopic (exact) mass is 246 g/mol. The van der Waals surface area contributed by atoms with Crippen LogP contribution in [-0.2, 0) is 0 Å². The van der Waals surface area contributed by atoms with Crippen molar-refractivity contribution in [2.45, 2.75) is 0 Å². The van der Waals surface area contributed by atoms with E-state index in [1.54, 1.807) is 39.5 Å². The van der Waals surface area contributed by atoms with Crippen molar-refractivity contribution in [3.63, 3.8) is 0 Å². The average molecular weight is 246 g/mol. The maximum absolute atomic E-state index is 10.9. The second kappa shape index (κ2) is 4.96. The summed E-state index contributed by atoms with van der Waals surface area (Å²) in [4.78, 5) is 10.9. The van der Waals surface area contributed by atoms with E-state index in [-0.39, 0.29) is 0 Å². The van der Waals surface area contributed by atoms with Crippen molar-refractivity contribution < 1.29 is 19.0 Å². The van der Waals surface area contributed by atoms with Gasteiger partial charge in [0.05, 0.1) is 26.7 Å². The van der Waals surface area contributed by atoms with Crippen LogP contribution in [0.15, 0.2) is 24.3 Å². The molecule has 2 aromatic rings. The molecule has 94 valence electrons. The third-order valence-corrected chi connectivity index (χ3v) is 2.80. The average Bonchev–Trinajstić information content (AvgIpc) is 2.44. The molecule has 0 fully saturated rings. The van der Waals surface area contributed by atoms with Crippen molar-refractivity contribution in [1.82, 2.24) is 0 Å². The number of methoxy groups -OCH3 is 3. The van der Waals surface area contributed by atoms with Gasteiger partial charge < -0.3 is 14.2 Å². The number of aldehydes is 1. The van der Waals surface area contributed by atoms with Crippen molar-refractivity contribution in [2.24, 2.45) is 0 Å². The first-order valence-corrected chi connectivity index (χ1v) is 5.43. The van der Waals surface area contributed by atoms with Crippen LogP contribution >= 0.6 is 0 Å². The van der Waals surface area contributed by atoms with Gasteiger partial charge in [0.2, 0.25) is 0 Å².